The summed E-state index contributed by atoms with van der Waals surface area (Å²) in [7, 11) is 0. The maximum absolute atomic E-state index is 11.4. The van der Waals surface area contributed by atoms with E-state index in [9.17, 15) is 9.59 Å². The van der Waals surface area contributed by atoms with Crippen molar-refractivity contribution in [3.8, 4) is 0 Å². The van der Waals surface area contributed by atoms with E-state index in [0.29, 0.717) is 0 Å². The lowest BCUT2D eigenvalue weighted by Crippen LogP contribution is -2.69. The second-order valence-corrected chi connectivity index (χ2v) is 3.89. The zero-order valence-electron chi connectivity index (χ0n) is 8.21. The molecule has 0 radical (unpaired) electrons. The van der Waals surface area contributed by atoms with Crippen LogP contribution in [-0.2, 0) is 9.53 Å². The molecule has 3 N–H and O–H groups in total. The van der Waals surface area contributed by atoms with E-state index >= 15 is 0 Å². The number of carbonyl (C=O) groups is 2. The summed E-state index contributed by atoms with van der Waals surface area (Å²) in [5.74, 6) is -0.0166. The molecule has 6 heteroatoms. The van der Waals surface area contributed by atoms with Crippen molar-refractivity contribution in [2.75, 3.05) is 0 Å². The van der Waals surface area contributed by atoms with Crippen LogP contribution in [-0.4, -0.2) is 34.2 Å². The van der Waals surface area contributed by atoms with Crippen molar-refractivity contribution in [1.29, 1.82) is 0 Å². The molecular formula is C9H12N2O4. The summed E-state index contributed by atoms with van der Waals surface area (Å²) in [6, 6.07) is -0.639. The minimum absolute atomic E-state index is 0.0953. The predicted molar refractivity (Wildman–Crippen MR) is 49.6 cm³/mol. The minimum Gasteiger partial charge on any atom is -0.449 e. The average Bonchev–Trinajstić information content (AvgIpc) is 2.15. The van der Waals surface area contributed by atoms with Crippen LogP contribution in [0.2, 0.25) is 0 Å². The van der Waals surface area contributed by atoms with Crippen molar-refractivity contribution < 1.29 is 19.4 Å². The smallest absolute Gasteiger partial charge is 0.449 e. The van der Waals surface area contributed by atoms with E-state index in [0.717, 1.165) is 6.42 Å². The Hall–Kier alpha value is -1.56. The Kier molecular flexibility index (Phi) is 2.15. The van der Waals surface area contributed by atoms with Gasteiger partial charge in [-0.2, -0.15) is 0 Å². The number of β-lactam (4-membered cyclic amide) rings is 1. The Balaban J connectivity index is 2.21. The maximum atomic E-state index is 11.4. The van der Waals surface area contributed by atoms with Gasteiger partial charge in [0.05, 0.1) is 6.04 Å². The first-order valence-corrected chi connectivity index (χ1v) is 4.72. The first-order chi connectivity index (χ1) is 7.00. The van der Waals surface area contributed by atoms with E-state index in [1.807, 2.05) is 6.92 Å². The molecule has 0 aromatic heterocycles. The van der Waals surface area contributed by atoms with Crippen LogP contribution < -0.4 is 5.73 Å². The first kappa shape index (κ1) is 9.97. The molecule has 1 amide bonds. The molecule has 82 valence electrons. The first-order valence-electron chi connectivity index (χ1n) is 4.72. The fraction of sp³-hybridized carbons (Fsp3) is 0.556. The van der Waals surface area contributed by atoms with Crippen LogP contribution in [0, 0.1) is 5.92 Å². The van der Waals surface area contributed by atoms with Gasteiger partial charge in [0, 0.05) is 0 Å². The molecule has 0 unspecified atom stereocenters. The maximum Gasteiger partial charge on any atom is 0.512 e. The zero-order valence-corrected chi connectivity index (χ0v) is 8.21. The highest BCUT2D eigenvalue weighted by Gasteiger charge is 2.50. The topological polar surface area (TPSA) is 92.9 Å². The van der Waals surface area contributed by atoms with E-state index in [2.05, 4.69) is 4.74 Å². The molecule has 6 nitrogen and oxygen atoms in total. The average molecular weight is 212 g/mol. The summed E-state index contributed by atoms with van der Waals surface area (Å²) < 4.78 is 4.54. The molecule has 2 rings (SSSR count). The molecule has 3 atom stereocenters. The van der Waals surface area contributed by atoms with Crippen molar-refractivity contribution in [3.05, 3.63) is 12.0 Å². The van der Waals surface area contributed by atoms with Gasteiger partial charge in [0.2, 0.25) is 11.8 Å². The third-order valence-corrected chi connectivity index (χ3v) is 2.74. The highest BCUT2D eigenvalue weighted by atomic mass is 16.7. The number of amides is 1. The summed E-state index contributed by atoms with van der Waals surface area (Å²) in [5, 5.41) is 8.50. The molecule has 0 saturated carbocycles. The summed E-state index contributed by atoms with van der Waals surface area (Å²) in [6.45, 7) is 1.93. The fourth-order valence-electron chi connectivity index (χ4n) is 2.04. The van der Waals surface area contributed by atoms with Gasteiger partial charge in [-0.15, -0.1) is 0 Å². The molecule has 1 saturated heterocycles. The van der Waals surface area contributed by atoms with Crippen molar-refractivity contribution in [3.63, 3.8) is 0 Å². The molecule has 0 aromatic carbocycles. The summed E-state index contributed by atoms with van der Waals surface area (Å²) in [5.41, 5.74) is 5.61. The van der Waals surface area contributed by atoms with Crippen LogP contribution in [0.1, 0.15) is 13.3 Å². The van der Waals surface area contributed by atoms with Gasteiger partial charge < -0.3 is 15.6 Å². The lowest BCUT2D eigenvalue weighted by molar-refractivity contribution is -0.151. The van der Waals surface area contributed by atoms with Gasteiger partial charge in [0.15, 0.2) is 0 Å². The second-order valence-electron chi connectivity index (χ2n) is 3.89. The molecule has 0 aliphatic carbocycles. The van der Waals surface area contributed by atoms with Crippen molar-refractivity contribution in [1.82, 2.24) is 4.90 Å². The van der Waals surface area contributed by atoms with Gasteiger partial charge in [0.1, 0.15) is 6.04 Å². The molecule has 15 heavy (non-hydrogen) atoms. The number of nitrogens with zero attached hydrogens (tertiary/aromatic N) is 1. The Morgan fingerprint density at radius 1 is 1.73 bits per heavy atom. The van der Waals surface area contributed by atoms with Crippen molar-refractivity contribution >= 4 is 12.1 Å². The minimum atomic E-state index is -1.41. The standard InChI is InChI=1S/C9H12N2O4/c1-4-2-5-7(10)8(12)11(5)6(3-4)15-9(13)14/h3-5,7H,2,10H2,1H3,(H,13,14)/t4-,5+,7-/m1/s1. The highest BCUT2D eigenvalue weighted by Crippen LogP contribution is 2.34. The normalized spacial score (nSPS) is 34.0. The van der Waals surface area contributed by atoms with Gasteiger partial charge >= 0.3 is 6.16 Å². The lowest BCUT2D eigenvalue weighted by Gasteiger charge is -2.48. The van der Waals surface area contributed by atoms with E-state index < -0.39 is 12.2 Å². The van der Waals surface area contributed by atoms with Crippen molar-refractivity contribution in [2.24, 2.45) is 11.7 Å². The molecule has 2 aliphatic rings. The number of carbonyl (C=O) groups excluding carboxylic acids is 1. The Morgan fingerprint density at radius 3 is 3.00 bits per heavy atom. The third-order valence-electron chi connectivity index (χ3n) is 2.74. The molecule has 2 heterocycles. The lowest BCUT2D eigenvalue weighted by atomic mass is 9.84. The van der Waals surface area contributed by atoms with Gasteiger partial charge in [0.25, 0.3) is 0 Å². The summed E-state index contributed by atoms with van der Waals surface area (Å²) in [6.07, 6.45) is 0.968. The monoisotopic (exact) mass is 212 g/mol. The molecule has 0 aromatic rings. The third kappa shape index (κ3) is 1.46. The Bertz CT molecular complexity index is 352. The summed E-state index contributed by atoms with van der Waals surface area (Å²) >= 11 is 0. The van der Waals surface area contributed by atoms with E-state index in [-0.39, 0.29) is 23.8 Å². The number of allylic oxidation sites excluding steroid dienone is 1. The van der Waals surface area contributed by atoms with E-state index in [1.54, 1.807) is 6.08 Å². The number of fused-ring (bicyclic) bond motifs is 1. The van der Waals surface area contributed by atoms with Crippen LogP contribution in [0.15, 0.2) is 12.0 Å². The molecule has 0 bridgehead atoms. The van der Waals surface area contributed by atoms with Crippen LogP contribution in [0.25, 0.3) is 0 Å². The molecule has 0 spiro atoms. The van der Waals surface area contributed by atoms with Crippen LogP contribution >= 0.6 is 0 Å². The molecule has 2 aliphatic heterocycles. The molecule has 1 fully saturated rings. The van der Waals surface area contributed by atoms with Gasteiger partial charge in [-0.05, 0) is 18.4 Å². The SMILES string of the molecule is C[C@H]1C=C(OC(=O)O)N2C(=O)[C@H](N)[C@@H]2C1. The number of carboxylic acid groups (broad SMARTS) is 1. The number of ether oxygens (including phenoxy) is 1. The van der Waals surface area contributed by atoms with Crippen LogP contribution in [0.5, 0.6) is 0 Å². The van der Waals surface area contributed by atoms with Crippen LogP contribution in [0.4, 0.5) is 4.79 Å². The number of hydrogen-bond acceptors (Lipinski definition) is 4. The number of nitrogens with two attached hydrogens (primary N) is 1. The highest BCUT2D eigenvalue weighted by molar-refractivity contribution is 5.91. The number of hydrogen-bond donors (Lipinski definition) is 2. The van der Waals surface area contributed by atoms with Gasteiger partial charge in [-0.1, -0.05) is 6.92 Å². The molecular weight excluding hydrogens is 200 g/mol. The van der Waals surface area contributed by atoms with Crippen LogP contribution in [0.3, 0.4) is 0 Å². The van der Waals surface area contributed by atoms with Gasteiger partial charge in [-0.25, -0.2) is 4.79 Å². The Morgan fingerprint density at radius 2 is 2.40 bits per heavy atom. The largest absolute Gasteiger partial charge is 0.512 e. The zero-order chi connectivity index (χ0) is 11.2. The number of rotatable bonds is 1. The Labute approximate surface area is 86.3 Å². The van der Waals surface area contributed by atoms with Crippen molar-refractivity contribution in [2.45, 2.75) is 25.4 Å². The second kappa shape index (κ2) is 3.23. The van der Waals surface area contributed by atoms with Gasteiger partial charge in [-0.3, -0.25) is 9.69 Å². The van der Waals surface area contributed by atoms with E-state index in [1.165, 1.54) is 4.90 Å². The summed E-state index contributed by atoms with van der Waals surface area (Å²) in [4.78, 5) is 23.1. The fourth-order valence-corrected chi connectivity index (χ4v) is 2.04. The van der Waals surface area contributed by atoms with E-state index in [4.69, 9.17) is 10.8 Å². The quantitative estimate of drug-likeness (QED) is 0.475. The predicted octanol–water partition coefficient (Wildman–Crippen LogP) is 0.100.